The highest BCUT2D eigenvalue weighted by molar-refractivity contribution is 5.76. The Hall–Kier alpha value is -3.06. The highest BCUT2D eigenvalue weighted by atomic mass is 16.5. The Labute approximate surface area is 167 Å². The number of hydrogen-bond donors (Lipinski definition) is 0. The monoisotopic (exact) mass is 373 g/mol. The van der Waals surface area contributed by atoms with Gasteiger partial charge in [-0.15, -0.1) is 0 Å². The van der Waals surface area contributed by atoms with E-state index in [9.17, 15) is 0 Å². The van der Waals surface area contributed by atoms with Crippen LogP contribution in [0.2, 0.25) is 0 Å². The molecule has 0 bridgehead atoms. The van der Waals surface area contributed by atoms with Crippen molar-refractivity contribution in [1.82, 2.24) is 5.16 Å². The van der Waals surface area contributed by atoms with Gasteiger partial charge in [-0.05, 0) is 69.2 Å². The molecule has 0 fully saturated rings. The summed E-state index contributed by atoms with van der Waals surface area (Å²) in [7, 11) is 0. The maximum atomic E-state index is 7.41. The van der Waals surface area contributed by atoms with Crippen molar-refractivity contribution < 1.29 is 4.52 Å². The van der Waals surface area contributed by atoms with Crippen molar-refractivity contribution in [2.24, 2.45) is 0 Å². The van der Waals surface area contributed by atoms with Crippen molar-refractivity contribution in [3.8, 4) is 11.1 Å². The lowest BCUT2D eigenvalue weighted by Gasteiger charge is -2.26. The second-order valence-electron chi connectivity index (χ2n) is 7.66. The number of benzene rings is 2. The van der Waals surface area contributed by atoms with Crippen LogP contribution in [-0.2, 0) is 5.54 Å². The Morgan fingerprint density at radius 3 is 2.29 bits per heavy atom. The van der Waals surface area contributed by atoms with Crippen LogP contribution in [0.3, 0.4) is 0 Å². The Morgan fingerprint density at radius 2 is 1.75 bits per heavy atom. The van der Waals surface area contributed by atoms with E-state index in [1.807, 2.05) is 27.7 Å². The smallest absolute Gasteiger partial charge is 0.252 e. The molecule has 28 heavy (non-hydrogen) atoms. The Balaban J connectivity index is 2.04. The first kappa shape index (κ1) is 19.7. The molecule has 0 saturated carbocycles. The van der Waals surface area contributed by atoms with Gasteiger partial charge in [0, 0.05) is 42.9 Å². The zero-order valence-corrected chi connectivity index (χ0v) is 17.5. The summed E-state index contributed by atoms with van der Waals surface area (Å²) in [6.45, 7) is 20.4. The molecule has 0 amide bonds. The second-order valence-corrected chi connectivity index (χ2v) is 7.66. The third kappa shape index (κ3) is 3.53. The van der Waals surface area contributed by atoms with Crippen LogP contribution < -0.4 is 4.90 Å². The minimum atomic E-state index is -0.505. The topological polar surface area (TPSA) is 33.6 Å². The fraction of sp³-hybridized carbons (Fsp3) is 0.333. The first-order valence-corrected chi connectivity index (χ1v) is 9.59. The van der Waals surface area contributed by atoms with Gasteiger partial charge in [-0.2, -0.15) is 0 Å². The summed E-state index contributed by atoms with van der Waals surface area (Å²) < 4.78 is 5.36. The van der Waals surface area contributed by atoms with Crippen molar-refractivity contribution >= 4 is 11.4 Å². The molecule has 144 valence electrons. The van der Waals surface area contributed by atoms with Crippen LogP contribution in [0.5, 0.6) is 0 Å². The Bertz CT molecular complexity index is 1000. The van der Waals surface area contributed by atoms with E-state index in [0.29, 0.717) is 0 Å². The minimum absolute atomic E-state index is 0.505. The van der Waals surface area contributed by atoms with E-state index in [1.54, 1.807) is 0 Å². The summed E-state index contributed by atoms with van der Waals surface area (Å²) in [4.78, 5) is 6.03. The molecular weight excluding hydrogens is 346 g/mol. The average molecular weight is 374 g/mol. The van der Waals surface area contributed by atoms with Crippen LogP contribution in [0.25, 0.3) is 16.0 Å². The van der Waals surface area contributed by atoms with E-state index in [4.69, 9.17) is 11.1 Å². The van der Waals surface area contributed by atoms with E-state index >= 15 is 0 Å². The van der Waals surface area contributed by atoms with Gasteiger partial charge in [-0.25, -0.2) is 6.57 Å². The van der Waals surface area contributed by atoms with Gasteiger partial charge in [0.05, 0.1) is 5.69 Å². The maximum Gasteiger partial charge on any atom is 0.252 e. The molecule has 0 aliphatic heterocycles. The molecule has 1 heterocycles. The maximum absolute atomic E-state index is 7.41. The predicted octanol–water partition coefficient (Wildman–Crippen LogP) is 6.58. The standard InChI is InChI=1S/C24H27N3O/c1-8-27(21-13-11-20(12-14-21)24(5,6)25-7)22-15-19(10-9-16(22)2)23-17(3)26-28-18(23)4/h9-15H,8H2,1-6H3. The Kier molecular flexibility index (Phi) is 5.29. The number of anilines is 2. The number of nitrogens with zero attached hydrogens (tertiary/aromatic N) is 3. The van der Waals surface area contributed by atoms with Gasteiger partial charge in [0.2, 0.25) is 0 Å². The summed E-state index contributed by atoms with van der Waals surface area (Å²) in [6.07, 6.45) is 0. The van der Waals surface area contributed by atoms with Gasteiger partial charge in [-0.3, -0.25) is 0 Å². The van der Waals surface area contributed by atoms with Gasteiger partial charge in [0.25, 0.3) is 5.54 Å². The van der Waals surface area contributed by atoms with E-state index in [1.165, 1.54) is 5.56 Å². The summed E-state index contributed by atoms with van der Waals surface area (Å²) in [5.41, 5.74) is 7.10. The largest absolute Gasteiger partial charge is 0.361 e. The molecule has 2 aromatic carbocycles. The van der Waals surface area contributed by atoms with Crippen LogP contribution in [-0.4, -0.2) is 11.7 Å². The van der Waals surface area contributed by atoms with E-state index in [0.717, 1.165) is 46.1 Å². The average Bonchev–Trinajstić information content (AvgIpc) is 3.02. The molecule has 3 rings (SSSR count). The van der Waals surface area contributed by atoms with E-state index in [2.05, 4.69) is 71.2 Å². The minimum Gasteiger partial charge on any atom is -0.361 e. The lowest BCUT2D eigenvalue weighted by molar-refractivity contribution is 0.393. The van der Waals surface area contributed by atoms with Crippen molar-refractivity contribution in [3.05, 3.63) is 76.5 Å². The molecule has 0 atom stereocenters. The molecule has 0 spiro atoms. The molecule has 4 heteroatoms. The molecular formula is C24H27N3O. The van der Waals surface area contributed by atoms with E-state index in [-0.39, 0.29) is 0 Å². The van der Waals surface area contributed by atoms with Gasteiger partial charge in [0.1, 0.15) is 5.76 Å². The zero-order valence-electron chi connectivity index (χ0n) is 17.5. The van der Waals surface area contributed by atoms with Crippen molar-refractivity contribution in [2.75, 3.05) is 11.4 Å². The van der Waals surface area contributed by atoms with E-state index < -0.39 is 5.54 Å². The summed E-state index contributed by atoms with van der Waals surface area (Å²) >= 11 is 0. The molecule has 4 nitrogen and oxygen atoms in total. The predicted molar refractivity (Wildman–Crippen MR) is 115 cm³/mol. The lowest BCUT2D eigenvalue weighted by Crippen LogP contribution is -2.18. The summed E-state index contributed by atoms with van der Waals surface area (Å²) in [6, 6.07) is 14.8. The molecule has 0 N–H and O–H groups in total. The zero-order chi connectivity index (χ0) is 20.5. The van der Waals surface area contributed by atoms with Crippen LogP contribution >= 0.6 is 0 Å². The molecule has 0 aliphatic rings. The quantitative estimate of drug-likeness (QED) is 0.474. The summed E-state index contributed by atoms with van der Waals surface area (Å²) in [5.74, 6) is 0.834. The molecule has 0 radical (unpaired) electrons. The van der Waals surface area contributed by atoms with Crippen LogP contribution in [0, 0.1) is 27.3 Å². The molecule has 0 unspecified atom stereocenters. The third-order valence-electron chi connectivity index (χ3n) is 5.30. The normalized spacial score (nSPS) is 11.3. The highest BCUT2D eigenvalue weighted by Crippen LogP contribution is 2.35. The van der Waals surface area contributed by atoms with Crippen molar-refractivity contribution in [2.45, 2.75) is 47.1 Å². The fourth-order valence-corrected chi connectivity index (χ4v) is 3.56. The number of aryl methyl sites for hydroxylation is 3. The van der Waals surface area contributed by atoms with Crippen LogP contribution in [0.15, 0.2) is 47.0 Å². The van der Waals surface area contributed by atoms with Gasteiger partial charge in [-0.1, -0.05) is 17.3 Å². The SMILES string of the molecule is [C-]#[N+]C(C)(C)c1ccc(N(CC)c2cc(-c3c(C)noc3C)ccc2C)cc1. The Morgan fingerprint density at radius 1 is 1.07 bits per heavy atom. The number of aromatic nitrogens is 1. The highest BCUT2D eigenvalue weighted by Gasteiger charge is 2.25. The first-order valence-electron chi connectivity index (χ1n) is 9.59. The van der Waals surface area contributed by atoms with Crippen molar-refractivity contribution in [3.63, 3.8) is 0 Å². The van der Waals surface area contributed by atoms with Crippen LogP contribution in [0.1, 0.15) is 43.4 Å². The van der Waals surface area contributed by atoms with Crippen molar-refractivity contribution in [1.29, 1.82) is 0 Å². The van der Waals surface area contributed by atoms with Crippen LogP contribution in [0.4, 0.5) is 11.4 Å². The fourth-order valence-electron chi connectivity index (χ4n) is 3.56. The molecule has 1 aromatic heterocycles. The molecule has 3 aromatic rings. The number of rotatable bonds is 5. The first-order chi connectivity index (χ1) is 13.3. The second kappa shape index (κ2) is 7.52. The van der Waals surface area contributed by atoms with Gasteiger partial charge >= 0.3 is 0 Å². The number of hydrogen-bond acceptors (Lipinski definition) is 3. The lowest BCUT2D eigenvalue weighted by atomic mass is 9.95. The molecule has 0 saturated heterocycles. The molecule has 0 aliphatic carbocycles. The van der Waals surface area contributed by atoms with Gasteiger partial charge in [0.15, 0.2) is 0 Å². The van der Waals surface area contributed by atoms with Gasteiger partial charge < -0.3 is 14.3 Å². The summed E-state index contributed by atoms with van der Waals surface area (Å²) in [5, 5.41) is 4.10. The third-order valence-corrected chi connectivity index (χ3v) is 5.30.